The second kappa shape index (κ2) is 9.23. The minimum absolute atomic E-state index is 0.00988. The molecule has 1 atom stereocenters. The number of piperazine rings is 1. The van der Waals surface area contributed by atoms with Crippen molar-refractivity contribution in [3.63, 3.8) is 0 Å². The van der Waals surface area contributed by atoms with E-state index in [1.807, 2.05) is 4.90 Å². The van der Waals surface area contributed by atoms with E-state index in [0.29, 0.717) is 41.9 Å². The third-order valence-electron chi connectivity index (χ3n) is 4.48. The number of amides is 2. The SMILES string of the molecule is COc1cccc(NC(=O)COc2ccc(C(=O)N3CCNC(C)C3)cc2)c1. The molecule has 2 amide bonds. The molecule has 1 saturated heterocycles. The number of carbonyl (C=O) groups is 2. The van der Waals surface area contributed by atoms with Gasteiger partial charge >= 0.3 is 0 Å². The van der Waals surface area contributed by atoms with Gasteiger partial charge in [0, 0.05) is 43.0 Å². The van der Waals surface area contributed by atoms with E-state index < -0.39 is 0 Å². The molecule has 1 unspecified atom stereocenters. The summed E-state index contributed by atoms with van der Waals surface area (Å²) in [7, 11) is 1.57. The fourth-order valence-electron chi connectivity index (χ4n) is 3.04. The van der Waals surface area contributed by atoms with Crippen molar-refractivity contribution in [3.05, 3.63) is 54.1 Å². The zero-order chi connectivity index (χ0) is 19.9. The zero-order valence-corrected chi connectivity index (χ0v) is 16.1. The number of rotatable bonds is 6. The molecule has 1 aliphatic heterocycles. The lowest BCUT2D eigenvalue weighted by Gasteiger charge is -2.32. The van der Waals surface area contributed by atoms with Gasteiger partial charge in [0.2, 0.25) is 0 Å². The van der Waals surface area contributed by atoms with Crippen LogP contribution in [0.15, 0.2) is 48.5 Å². The topological polar surface area (TPSA) is 79.9 Å². The number of hydrogen-bond donors (Lipinski definition) is 2. The van der Waals surface area contributed by atoms with Gasteiger partial charge in [-0.1, -0.05) is 6.07 Å². The molecule has 3 rings (SSSR count). The highest BCUT2D eigenvalue weighted by atomic mass is 16.5. The summed E-state index contributed by atoms with van der Waals surface area (Å²) in [5.74, 6) is 0.933. The van der Waals surface area contributed by atoms with E-state index in [-0.39, 0.29) is 18.4 Å². The summed E-state index contributed by atoms with van der Waals surface area (Å²) in [5, 5.41) is 6.07. The van der Waals surface area contributed by atoms with E-state index in [2.05, 4.69) is 17.6 Å². The number of carbonyl (C=O) groups excluding carboxylic acids is 2. The van der Waals surface area contributed by atoms with E-state index in [9.17, 15) is 9.59 Å². The highest BCUT2D eigenvalue weighted by molar-refractivity contribution is 5.94. The van der Waals surface area contributed by atoms with Crippen LogP contribution in [0.25, 0.3) is 0 Å². The molecule has 1 fully saturated rings. The van der Waals surface area contributed by atoms with Gasteiger partial charge in [0.1, 0.15) is 11.5 Å². The van der Waals surface area contributed by atoms with Crippen molar-refractivity contribution in [1.29, 1.82) is 0 Å². The molecule has 0 saturated carbocycles. The Morgan fingerprint density at radius 2 is 1.96 bits per heavy atom. The summed E-state index contributed by atoms with van der Waals surface area (Å²) in [4.78, 5) is 26.5. The van der Waals surface area contributed by atoms with Gasteiger partial charge in [-0.05, 0) is 43.3 Å². The maximum Gasteiger partial charge on any atom is 0.262 e. The first-order valence-electron chi connectivity index (χ1n) is 9.24. The molecular formula is C21H25N3O4. The second-order valence-corrected chi connectivity index (χ2v) is 6.70. The Bertz CT molecular complexity index is 823. The van der Waals surface area contributed by atoms with E-state index in [4.69, 9.17) is 9.47 Å². The Labute approximate surface area is 164 Å². The molecule has 0 radical (unpaired) electrons. The van der Waals surface area contributed by atoms with Gasteiger partial charge in [0.25, 0.3) is 11.8 Å². The summed E-state index contributed by atoms with van der Waals surface area (Å²) in [6, 6.07) is 14.3. The lowest BCUT2D eigenvalue weighted by Crippen LogP contribution is -2.51. The van der Waals surface area contributed by atoms with Gasteiger partial charge in [-0.2, -0.15) is 0 Å². The first kappa shape index (κ1) is 19.7. The molecule has 0 bridgehead atoms. The summed E-state index contributed by atoms with van der Waals surface area (Å²) in [5.41, 5.74) is 1.25. The van der Waals surface area contributed by atoms with Crippen molar-refractivity contribution in [2.24, 2.45) is 0 Å². The number of ether oxygens (including phenoxy) is 2. The largest absolute Gasteiger partial charge is 0.497 e. The molecule has 1 aliphatic rings. The van der Waals surface area contributed by atoms with E-state index in [1.54, 1.807) is 55.6 Å². The van der Waals surface area contributed by atoms with Crippen molar-refractivity contribution in [3.8, 4) is 11.5 Å². The minimum Gasteiger partial charge on any atom is -0.497 e. The third-order valence-corrected chi connectivity index (χ3v) is 4.48. The van der Waals surface area contributed by atoms with Crippen LogP contribution in [0.5, 0.6) is 11.5 Å². The van der Waals surface area contributed by atoms with Crippen LogP contribution in [-0.2, 0) is 4.79 Å². The van der Waals surface area contributed by atoms with E-state index >= 15 is 0 Å². The molecule has 148 valence electrons. The van der Waals surface area contributed by atoms with Gasteiger partial charge in [-0.3, -0.25) is 9.59 Å². The van der Waals surface area contributed by atoms with Crippen molar-refractivity contribution < 1.29 is 19.1 Å². The maximum absolute atomic E-state index is 12.6. The van der Waals surface area contributed by atoms with Gasteiger partial charge in [-0.15, -0.1) is 0 Å². The van der Waals surface area contributed by atoms with Crippen LogP contribution in [0.3, 0.4) is 0 Å². The molecule has 2 N–H and O–H groups in total. The summed E-state index contributed by atoms with van der Waals surface area (Å²) in [6.45, 7) is 4.14. The van der Waals surface area contributed by atoms with Crippen molar-refractivity contribution >= 4 is 17.5 Å². The molecule has 0 aliphatic carbocycles. The highest BCUT2D eigenvalue weighted by Crippen LogP contribution is 2.17. The first-order valence-corrected chi connectivity index (χ1v) is 9.24. The van der Waals surface area contributed by atoms with Crippen molar-refractivity contribution in [2.75, 3.05) is 38.7 Å². The summed E-state index contributed by atoms with van der Waals surface area (Å²) < 4.78 is 10.6. The number of anilines is 1. The number of hydrogen-bond acceptors (Lipinski definition) is 5. The Balaban J connectivity index is 1.51. The van der Waals surface area contributed by atoms with Crippen molar-refractivity contribution in [2.45, 2.75) is 13.0 Å². The number of benzene rings is 2. The maximum atomic E-state index is 12.6. The van der Waals surface area contributed by atoms with Crippen LogP contribution in [0.2, 0.25) is 0 Å². The van der Waals surface area contributed by atoms with Crippen LogP contribution in [0.4, 0.5) is 5.69 Å². The Hall–Kier alpha value is -3.06. The average Bonchev–Trinajstić information content (AvgIpc) is 2.72. The average molecular weight is 383 g/mol. The summed E-state index contributed by atoms with van der Waals surface area (Å²) in [6.07, 6.45) is 0. The Morgan fingerprint density at radius 1 is 1.18 bits per heavy atom. The highest BCUT2D eigenvalue weighted by Gasteiger charge is 2.21. The predicted molar refractivity (Wildman–Crippen MR) is 107 cm³/mol. The van der Waals surface area contributed by atoms with Gasteiger partial charge in [-0.25, -0.2) is 0 Å². The van der Waals surface area contributed by atoms with Gasteiger partial charge < -0.3 is 25.0 Å². The van der Waals surface area contributed by atoms with Crippen LogP contribution in [0, 0.1) is 0 Å². The number of nitrogens with zero attached hydrogens (tertiary/aromatic N) is 1. The van der Waals surface area contributed by atoms with Crippen LogP contribution < -0.4 is 20.1 Å². The molecule has 0 aromatic heterocycles. The second-order valence-electron chi connectivity index (χ2n) is 6.70. The number of methoxy groups -OCH3 is 1. The molecule has 2 aromatic rings. The molecule has 7 heteroatoms. The van der Waals surface area contributed by atoms with Gasteiger partial charge in [0.15, 0.2) is 6.61 Å². The standard InChI is InChI=1S/C21H25N3O4/c1-15-13-24(11-10-22-15)21(26)16-6-8-18(9-7-16)28-14-20(25)23-17-4-3-5-19(12-17)27-2/h3-9,12,15,22H,10-11,13-14H2,1-2H3,(H,23,25). The monoisotopic (exact) mass is 383 g/mol. The first-order chi connectivity index (χ1) is 13.5. The van der Waals surface area contributed by atoms with Crippen molar-refractivity contribution in [1.82, 2.24) is 10.2 Å². The molecule has 0 spiro atoms. The molecule has 1 heterocycles. The lowest BCUT2D eigenvalue weighted by atomic mass is 10.1. The summed E-state index contributed by atoms with van der Waals surface area (Å²) >= 11 is 0. The zero-order valence-electron chi connectivity index (χ0n) is 16.1. The van der Waals surface area contributed by atoms with E-state index in [1.165, 1.54) is 0 Å². The quantitative estimate of drug-likeness (QED) is 0.799. The molecule has 2 aromatic carbocycles. The predicted octanol–water partition coefficient (Wildman–Crippen LogP) is 2.15. The third kappa shape index (κ3) is 5.23. The normalized spacial score (nSPS) is 16.4. The Kier molecular flexibility index (Phi) is 6.49. The van der Waals surface area contributed by atoms with Crippen LogP contribution >= 0.6 is 0 Å². The Morgan fingerprint density at radius 3 is 2.68 bits per heavy atom. The smallest absolute Gasteiger partial charge is 0.262 e. The lowest BCUT2D eigenvalue weighted by molar-refractivity contribution is -0.118. The molecule has 28 heavy (non-hydrogen) atoms. The van der Waals surface area contributed by atoms with Crippen LogP contribution in [0.1, 0.15) is 17.3 Å². The van der Waals surface area contributed by atoms with E-state index in [0.717, 1.165) is 6.54 Å². The molecular weight excluding hydrogens is 358 g/mol. The fraction of sp³-hybridized carbons (Fsp3) is 0.333. The number of nitrogens with one attached hydrogen (secondary N) is 2. The minimum atomic E-state index is -0.275. The van der Waals surface area contributed by atoms with Gasteiger partial charge in [0.05, 0.1) is 7.11 Å². The molecule has 7 nitrogen and oxygen atoms in total. The fourth-order valence-corrected chi connectivity index (χ4v) is 3.04. The van der Waals surface area contributed by atoms with Crippen LogP contribution in [-0.4, -0.2) is 56.1 Å².